The van der Waals surface area contributed by atoms with Crippen LogP contribution in [0.25, 0.3) is 0 Å². The second-order valence-electron chi connectivity index (χ2n) is 8.59. The monoisotopic (exact) mass is 512 g/mol. The maximum atomic E-state index is 12.9. The molecule has 4 rings (SSSR count). The molecule has 0 radical (unpaired) electrons. The molecule has 3 aromatic carbocycles. The van der Waals surface area contributed by atoms with Crippen LogP contribution in [0.15, 0.2) is 83.8 Å². The molecule has 0 spiro atoms. The summed E-state index contributed by atoms with van der Waals surface area (Å²) < 4.78 is 43.9. The summed E-state index contributed by atoms with van der Waals surface area (Å²) in [5.41, 5.74) is 1.10. The number of hydrogen-bond acceptors (Lipinski definition) is 7. The van der Waals surface area contributed by atoms with E-state index >= 15 is 0 Å². The van der Waals surface area contributed by atoms with Crippen LogP contribution in [0, 0.1) is 0 Å². The maximum Gasteiger partial charge on any atom is 0.243 e. The standard InChI is InChI=1S/C27H32N2O6S/c1-33-24-11-13-27(14-12-24)36(31,32)29-17-15-28(16-18-29)19-23(30)21-35-26-9-7-25(8-10-26)34-20-22-5-3-2-4-6-22/h2-14,23,30H,15-21H2,1H3/t23-/m0/s1. The van der Waals surface area contributed by atoms with E-state index in [-0.39, 0.29) is 11.5 Å². The van der Waals surface area contributed by atoms with Crippen molar-refractivity contribution in [2.24, 2.45) is 0 Å². The van der Waals surface area contributed by atoms with Crippen molar-refractivity contribution >= 4 is 10.0 Å². The van der Waals surface area contributed by atoms with Crippen LogP contribution in [0.4, 0.5) is 0 Å². The van der Waals surface area contributed by atoms with Crippen molar-refractivity contribution in [1.82, 2.24) is 9.21 Å². The molecule has 0 aliphatic carbocycles. The Labute approximate surface area is 212 Å². The summed E-state index contributed by atoms with van der Waals surface area (Å²) >= 11 is 0. The minimum atomic E-state index is -3.56. The zero-order valence-electron chi connectivity index (χ0n) is 20.3. The van der Waals surface area contributed by atoms with Crippen LogP contribution in [0.5, 0.6) is 17.2 Å². The first kappa shape index (κ1) is 26.0. The number of sulfonamides is 1. The van der Waals surface area contributed by atoms with Crippen LogP contribution in [-0.4, -0.2) is 75.3 Å². The Hall–Kier alpha value is -3.11. The average molecular weight is 513 g/mol. The third kappa shape index (κ3) is 6.98. The smallest absolute Gasteiger partial charge is 0.243 e. The van der Waals surface area contributed by atoms with Crippen LogP contribution < -0.4 is 14.2 Å². The zero-order valence-corrected chi connectivity index (χ0v) is 21.1. The van der Waals surface area contributed by atoms with E-state index in [0.29, 0.717) is 50.8 Å². The van der Waals surface area contributed by atoms with Gasteiger partial charge < -0.3 is 19.3 Å². The van der Waals surface area contributed by atoms with E-state index in [1.165, 1.54) is 4.31 Å². The molecule has 0 aromatic heterocycles. The summed E-state index contributed by atoms with van der Waals surface area (Å²) in [5, 5.41) is 10.4. The SMILES string of the molecule is COc1ccc(S(=O)(=O)N2CCN(C[C@H](O)COc3ccc(OCc4ccccc4)cc3)CC2)cc1. The Balaban J connectivity index is 1.18. The molecule has 192 valence electrons. The van der Waals surface area contributed by atoms with Gasteiger partial charge >= 0.3 is 0 Å². The number of aliphatic hydroxyl groups is 1. The van der Waals surface area contributed by atoms with Gasteiger partial charge in [0.25, 0.3) is 0 Å². The van der Waals surface area contributed by atoms with Crippen molar-refractivity contribution in [2.75, 3.05) is 46.4 Å². The molecule has 0 bridgehead atoms. The number of nitrogens with zero attached hydrogens (tertiary/aromatic N) is 2. The number of rotatable bonds is 11. The molecule has 9 heteroatoms. The van der Waals surface area contributed by atoms with Gasteiger partial charge in [0, 0.05) is 32.7 Å². The molecule has 1 heterocycles. The van der Waals surface area contributed by atoms with Crippen molar-refractivity contribution in [2.45, 2.75) is 17.6 Å². The summed E-state index contributed by atoms with van der Waals surface area (Å²) in [6.45, 7) is 2.87. The Morgan fingerprint density at radius 1 is 0.806 bits per heavy atom. The molecule has 0 saturated carbocycles. The van der Waals surface area contributed by atoms with Crippen LogP contribution >= 0.6 is 0 Å². The fourth-order valence-electron chi connectivity index (χ4n) is 3.97. The van der Waals surface area contributed by atoms with Gasteiger partial charge in [-0.3, -0.25) is 4.90 Å². The third-order valence-electron chi connectivity index (χ3n) is 6.01. The summed E-state index contributed by atoms with van der Waals surface area (Å²) in [4.78, 5) is 2.30. The Morgan fingerprint density at radius 2 is 1.39 bits per heavy atom. The minimum absolute atomic E-state index is 0.147. The quantitative estimate of drug-likeness (QED) is 0.423. The highest BCUT2D eigenvalue weighted by Crippen LogP contribution is 2.21. The van der Waals surface area contributed by atoms with Crippen LogP contribution in [0.2, 0.25) is 0 Å². The van der Waals surface area contributed by atoms with Gasteiger partial charge in [0.05, 0.1) is 12.0 Å². The summed E-state index contributed by atoms with van der Waals surface area (Å²) in [6, 6.07) is 23.7. The van der Waals surface area contributed by atoms with Crippen LogP contribution in [0.3, 0.4) is 0 Å². The van der Waals surface area contributed by atoms with E-state index in [4.69, 9.17) is 14.2 Å². The van der Waals surface area contributed by atoms with Crippen LogP contribution in [-0.2, 0) is 16.6 Å². The highest BCUT2D eigenvalue weighted by molar-refractivity contribution is 7.89. The number of aliphatic hydroxyl groups excluding tert-OH is 1. The van der Waals surface area contributed by atoms with E-state index in [9.17, 15) is 13.5 Å². The predicted octanol–water partition coefficient (Wildman–Crippen LogP) is 3.02. The first-order chi connectivity index (χ1) is 17.4. The predicted molar refractivity (Wildman–Crippen MR) is 137 cm³/mol. The lowest BCUT2D eigenvalue weighted by Gasteiger charge is -2.34. The molecule has 0 unspecified atom stereocenters. The highest BCUT2D eigenvalue weighted by Gasteiger charge is 2.29. The molecule has 1 saturated heterocycles. The molecule has 3 aromatic rings. The largest absolute Gasteiger partial charge is 0.497 e. The van der Waals surface area contributed by atoms with E-state index < -0.39 is 16.1 Å². The Kier molecular flexibility index (Phi) is 8.82. The molecule has 1 atom stereocenters. The first-order valence-electron chi connectivity index (χ1n) is 11.9. The van der Waals surface area contributed by atoms with Gasteiger partial charge in [0.2, 0.25) is 10.0 Å². The molecule has 1 N–H and O–H groups in total. The lowest BCUT2D eigenvalue weighted by Crippen LogP contribution is -2.50. The van der Waals surface area contributed by atoms with E-state index in [1.54, 1.807) is 31.4 Å². The zero-order chi connectivity index (χ0) is 25.4. The summed E-state index contributed by atoms with van der Waals surface area (Å²) in [7, 11) is -2.01. The highest BCUT2D eigenvalue weighted by atomic mass is 32.2. The summed E-state index contributed by atoms with van der Waals surface area (Å²) in [5.74, 6) is 2.01. The van der Waals surface area contributed by atoms with Crippen molar-refractivity contribution in [3.63, 3.8) is 0 Å². The molecule has 8 nitrogen and oxygen atoms in total. The van der Waals surface area contributed by atoms with Crippen molar-refractivity contribution in [1.29, 1.82) is 0 Å². The van der Waals surface area contributed by atoms with Gasteiger partial charge in [-0.1, -0.05) is 30.3 Å². The van der Waals surface area contributed by atoms with Gasteiger partial charge in [-0.25, -0.2) is 8.42 Å². The molecule has 0 amide bonds. The minimum Gasteiger partial charge on any atom is -0.497 e. The van der Waals surface area contributed by atoms with Crippen LogP contribution in [0.1, 0.15) is 5.56 Å². The second kappa shape index (κ2) is 12.2. The van der Waals surface area contributed by atoms with Gasteiger partial charge in [0.1, 0.15) is 36.6 Å². The first-order valence-corrected chi connectivity index (χ1v) is 13.3. The van der Waals surface area contributed by atoms with Gasteiger partial charge in [-0.15, -0.1) is 0 Å². The summed E-state index contributed by atoms with van der Waals surface area (Å²) in [6.07, 6.45) is -0.691. The Bertz CT molecular complexity index is 1180. The van der Waals surface area contributed by atoms with Crippen molar-refractivity contribution in [3.8, 4) is 17.2 Å². The number of β-amino-alcohol motifs (C(OH)–C–C–N with tert-alkyl or cyclic N) is 1. The number of benzene rings is 3. The van der Waals surface area contributed by atoms with Crippen molar-refractivity contribution in [3.05, 3.63) is 84.4 Å². The Morgan fingerprint density at radius 3 is 2.00 bits per heavy atom. The number of ether oxygens (including phenoxy) is 3. The fourth-order valence-corrected chi connectivity index (χ4v) is 5.39. The number of piperazine rings is 1. The molecule has 1 aliphatic heterocycles. The topological polar surface area (TPSA) is 88.5 Å². The third-order valence-corrected chi connectivity index (χ3v) is 7.92. The van der Waals surface area contributed by atoms with Gasteiger partial charge in [-0.05, 0) is 54.1 Å². The molecular formula is C27H32N2O6S. The van der Waals surface area contributed by atoms with Gasteiger partial charge in [0.15, 0.2) is 0 Å². The number of methoxy groups -OCH3 is 1. The maximum absolute atomic E-state index is 12.9. The van der Waals surface area contributed by atoms with E-state index in [0.717, 1.165) is 11.3 Å². The molecule has 36 heavy (non-hydrogen) atoms. The molecule has 1 fully saturated rings. The van der Waals surface area contributed by atoms with Gasteiger partial charge in [-0.2, -0.15) is 4.31 Å². The average Bonchev–Trinajstić information content (AvgIpc) is 2.92. The fraction of sp³-hybridized carbons (Fsp3) is 0.333. The molecular weight excluding hydrogens is 480 g/mol. The van der Waals surface area contributed by atoms with Crippen molar-refractivity contribution < 1.29 is 27.7 Å². The van der Waals surface area contributed by atoms with E-state index in [2.05, 4.69) is 4.90 Å². The normalized spacial score (nSPS) is 15.8. The molecule has 1 aliphatic rings. The lowest BCUT2D eigenvalue weighted by molar-refractivity contribution is 0.0569. The number of hydrogen-bond donors (Lipinski definition) is 1. The van der Waals surface area contributed by atoms with E-state index in [1.807, 2.05) is 54.6 Å². The second-order valence-corrected chi connectivity index (χ2v) is 10.5. The lowest BCUT2D eigenvalue weighted by atomic mass is 10.2.